The van der Waals surface area contributed by atoms with Gasteiger partial charge in [0.05, 0.1) is 18.8 Å². The van der Waals surface area contributed by atoms with Gasteiger partial charge in [-0.1, -0.05) is 6.07 Å². The maximum atomic E-state index is 10.8. The summed E-state index contributed by atoms with van der Waals surface area (Å²) in [7, 11) is 1.63. The van der Waals surface area contributed by atoms with Gasteiger partial charge in [-0.15, -0.1) is 0 Å². The van der Waals surface area contributed by atoms with Gasteiger partial charge in [0, 0.05) is 26.7 Å². The Labute approximate surface area is 118 Å². The zero-order valence-electron chi connectivity index (χ0n) is 11.6. The minimum absolute atomic E-state index is 0.0816. The second-order valence-corrected chi connectivity index (χ2v) is 4.24. The summed E-state index contributed by atoms with van der Waals surface area (Å²) in [6, 6.07) is 6.38. The monoisotopic (exact) mass is 283 g/mol. The number of ether oxygens (including phenoxy) is 2. The summed E-state index contributed by atoms with van der Waals surface area (Å²) >= 11 is 0. The molecule has 6 nitrogen and oxygen atoms in total. The number of rotatable bonds is 10. The van der Waals surface area contributed by atoms with E-state index in [1.54, 1.807) is 19.2 Å². The molecule has 0 amide bonds. The van der Waals surface area contributed by atoms with Crippen molar-refractivity contribution in [2.45, 2.75) is 0 Å². The van der Waals surface area contributed by atoms with Crippen molar-refractivity contribution < 1.29 is 24.5 Å². The maximum Gasteiger partial charge on any atom is 0.335 e. The van der Waals surface area contributed by atoms with Crippen LogP contribution >= 0.6 is 0 Å². The zero-order chi connectivity index (χ0) is 14.8. The molecule has 0 aliphatic carbocycles. The molecule has 0 heterocycles. The summed E-state index contributed by atoms with van der Waals surface area (Å²) in [4.78, 5) is 12.9. The lowest BCUT2D eigenvalue weighted by Crippen LogP contribution is -2.33. The number of aliphatic hydroxyl groups is 1. The molecule has 2 N–H and O–H groups in total. The third kappa shape index (κ3) is 6.01. The first-order valence-corrected chi connectivity index (χ1v) is 6.45. The summed E-state index contributed by atoms with van der Waals surface area (Å²) in [5.74, 6) is -0.446. The van der Waals surface area contributed by atoms with Gasteiger partial charge < -0.3 is 19.7 Å². The molecule has 0 unspecified atom stereocenters. The molecule has 6 heteroatoms. The smallest absolute Gasteiger partial charge is 0.335 e. The molecule has 0 atom stereocenters. The quantitative estimate of drug-likeness (QED) is 0.658. The van der Waals surface area contributed by atoms with Gasteiger partial charge in [-0.25, -0.2) is 4.79 Å². The Kier molecular flexibility index (Phi) is 7.64. The highest BCUT2D eigenvalue weighted by Crippen LogP contribution is 2.13. The SMILES string of the molecule is COCCN(CCO)CCOc1cccc(C(=O)O)c1. The minimum atomic E-state index is -0.975. The lowest BCUT2D eigenvalue weighted by molar-refractivity contribution is 0.0696. The van der Waals surface area contributed by atoms with Crippen LogP contribution in [0.1, 0.15) is 10.4 Å². The highest BCUT2D eigenvalue weighted by molar-refractivity contribution is 5.87. The van der Waals surface area contributed by atoms with Crippen LogP contribution in [0.25, 0.3) is 0 Å². The fourth-order valence-corrected chi connectivity index (χ4v) is 1.71. The van der Waals surface area contributed by atoms with Gasteiger partial charge in [0.25, 0.3) is 0 Å². The third-order valence-electron chi connectivity index (χ3n) is 2.79. The minimum Gasteiger partial charge on any atom is -0.492 e. The van der Waals surface area contributed by atoms with E-state index in [0.29, 0.717) is 32.1 Å². The predicted octanol–water partition coefficient (Wildman–Crippen LogP) is 0.704. The van der Waals surface area contributed by atoms with E-state index in [4.69, 9.17) is 19.7 Å². The molecule has 1 aromatic rings. The van der Waals surface area contributed by atoms with E-state index >= 15 is 0 Å². The number of aromatic carboxylic acids is 1. The molecular weight excluding hydrogens is 262 g/mol. The summed E-state index contributed by atoms with van der Waals surface area (Å²) < 4.78 is 10.5. The van der Waals surface area contributed by atoms with Gasteiger partial charge in [-0.05, 0) is 18.2 Å². The van der Waals surface area contributed by atoms with Crippen molar-refractivity contribution in [1.29, 1.82) is 0 Å². The number of hydrogen-bond acceptors (Lipinski definition) is 5. The molecule has 0 spiro atoms. The number of carboxylic acid groups (broad SMARTS) is 1. The normalized spacial score (nSPS) is 10.8. The van der Waals surface area contributed by atoms with Crippen molar-refractivity contribution in [2.75, 3.05) is 46.6 Å². The first-order chi connectivity index (χ1) is 9.67. The van der Waals surface area contributed by atoms with E-state index in [1.807, 2.05) is 4.90 Å². The second-order valence-electron chi connectivity index (χ2n) is 4.24. The topological polar surface area (TPSA) is 79.2 Å². The Hall–Kier alpha value is -1.63. The largest absolute Gasteiger partial charge is 0.492 e. The number of benzene rings is 1. The molecule has 0 saturated carbocycles. The molecule has 0 aromatic heterocycles. The molecule has 1 rings (SSSR count). The maximum absolute atomic E-state index is 10.8. The van der Waals surface area contributed by atoms with Crippen LogP contribution < -0.4 is 4.74 Å². The van der Waals surface area contributed by atoms with Gasteiger partial charge in [-0.2, -0.15) is 0 Å². The Morgan fingerprint density at radius 1 is 1.25 bits per heavy atom. The summed E-state index contributed by atoms with van der Waals surface area (Å²) in [6.07, 6.45) is 0. The number of methoxy groups -OCH3 is 1. The van der Waals surface area contributed by atoms with E-state index in [0.717, 1.165) is 6.54 Å². The van der Waals surface area contributed by atoms with Crippen LogP contribution in [-0.4, -0.2) is 67.6 Å². The van der Waals surface area contributed by atoms with E-state index in [2.05, 4.69) is 0 Å². The van der Waals surface area contributed by atoms with Gasteiger partial charge in [-0.3, -0.25) is 4.90 Å². The summed E-state index contributed by atoms with van der Waals surface area (Å²) in [6.45, 7) is 3.01. The number of hydrogen-bond donors (Lipinski definition) is 2. The van der Waals surface area contributed by atoms with Crippen LogP contribution in [0.4, 0.5) is 0 Å². The molecule has 0 bridgehead atoms. The van der Waals surface area contributed by atoms with Gasteiger partial charge in [0.15, 0.2) is 0 Å². The van der Waals surface area contributed by atoms with Crippen molar-refractivity contribution in [3.8, 4) is 5.75 Å². The molecule has 0 saturated heterocycles. The van der Waals surface area contributed by atoms with Crippen molar-refractivity contribution >= 4 is 5.97 Å². The molecule has 0 fully saturated rings. The molecule has 112 valence electrons. The Balaban J connectivity index is 2.41. The van der Waals surface area contributed by atoms with Crippen LogP contribution in [-0.2, 0) is 4.74 Å². The van der Waals surface area contributed by atoms with E-state index in [1.165, 1.54) is 12.1 Å². The molecule has 1 aromatic carbocycles. The Bertz CT molecular complexity index is 410. The second kappa shape index (κ2) is 9.30. The van der Waals surface area contributed by atoms with Crippen LogP contribution in [0.2, 0.25) is 0 Å². The van der Waals surface area contributed by atoms with E-state index in [9.17, 15) is 4.79 Å². The van der Waals surface area contributed by atoms with Gasteiger partial charge in [0.2, 0.25) is 0 Å². The Morgan fingerprint density at radius 3 is 2.65 bits per heavy atom. The van der Waals surface area contributed by atoms with E-state index < -0.39 is 5.97 Å². The molecule has 20 heavy (non-hydrogen) atoms. The average molecular weight is 283 g/mol. The number of carbonyl (C=O) groups is 1. The highest BCUT2D eigenvalue weighted by atomic mass is 16.5. The molecule has 0 aliphatic heterocycles. The molecule has 0 radical (unpaired) electrons. The number of aliphatic hydroxyl groups excluding tert-OH is 1. The summed E-state index contributed by atoms with van der Waals surface area (Å²) in [5, 5.41) is 17.8. The zero-order valence-corrected chi connectivity index (χ0v) is 11.6. The van der Waals surface area contributed by atoms with Crippen LogP contribution in [0.3, 0.4) is 0 Å². The fourth-order valence-electron chi connectivity index (χ4n) is 1.71. The molecule has 0 aliphatic rings. The fraction of sp³-hybridized carbons (Fsp3) is 0.500. The standard InChI is InChI=1S/C14H21NO5/c1-19-9-6-15(5-8-16)7-10-20-13-4-2-3-12(11-13)14(17)18/h2-4,11,16H,5-10H2,1H3,(H,17,18). The lowest BCUT2D eigenvalue weighted by atomic mass is 10.2. The first kappa shape index (κ1) is 16.4. The first-order valence-electron chi connectivity index (χ1n) is 6.45. The third-order valence-corrected chi connectivity index (χ3v) is 2.79. The van der Waals surface area contributed by atoms with E-state index in [-0.39, 0.29) is 12.2 Å². The number of carboxylic acids is 1. The van der Waals surface area contributed by atoms with Crippen molar-refractivity contribution in [1.82, 2.24) is 4.90 Å². The predicted molar refractivity (Wildman–Crippen MR) is 74.3 cm³/mol. The van der Waals surface area contributed by atoms with Crippen molar-refractivity contribution in [3.05, 3.63) is 29.8 Å². The Morgan fingerprint density at radius 2 is 2.00 bits per heavy atom. The van der Waals surface area contributed by atoms with Crippen LogP contribution in [0, 0.1) is 0 Å². The summed E-state index contributed by atoms with van der Waals surface area (Å²) in [5.41, 5.74) is 0.203. The molecular formula is C14H21NO5. The van der Waals surface area contributed by atoms with Crippen LogP contribution in [0.5, 0.6) is 5.75 Å². The number of nitrogens with zero attached hydrogens (tertiary/aromatic N) is 1. The van der Waals surface area contributed by atoms with Crippen LogP contribution in [0.15, 0.2) is 24.3 Å². The van der Waals surface area contributed by atoms with Gasteiger partial charge in [0.1, 0.15) is 12.4 Å². The van der Waals surface area contributed by atoms with Crippen molar-refractivity contribution in [2.24, 2.45) is 0 Å². The van der Waals surface area contributed by atoms with Gasteiger partial charge >= 0.3 is 5.97 Å². The average Bonchev–Trinajstić information content (AvgIpc) is 2.45. The lowest BCUT2D eigenvalue weighted by Gasteiger charge is -2.20. The van der Waals surface area contributed by atoms with Crippen molar-refractivity contribution in [3.63, 3.8) is 0 Å². The highest BCUT2D eigenvalue weighted by Gasteiger charge is 2.06.